The fourth-order valence-corrected chi connectivity index (χ4v) is 5.61. The Hall–Kier alpha value is -1.67. The highest BCUT2D eigenvalue weighted by molar-refractivity contribution is 7.91. The predicted molar refractivity (Wildman–Crippen MR) is 96.2 cm³/mol. The van der Waals surface area contributed by atoms with Gasteiger partial charge in [0.25, 0.3) is 5.91 Å². The second kappa shape index (κ2) is 6.92. The average Bonchev–Trinajstić information content (AvgIpc) is 3.14. The van der Waals surface area contributed by atoms with Crippen LogP contribution in [-0.4, -0.2) is 77.1 Å². The van der Waals surface area contributed by atoms with Gasteiger partial charge in [-0.05, 0) is 26.8 Å². The van der Waals surface area contributed by atoms with Crippen molar-refractivity contribution in [1.29, 1.82) is 0 Å². The number of fused-ring (bicyclic) bond motifs is 1. The van der Waals surface area contributed by atoms with Gasteiger partial charge >= 0.3 is 0 Å². The minimum atomic E-state index is -3.13. The summed E-state index contributed by atoms with van der Waals surface area (Å²) >= 11 is 0. The molecule has 2 atom stereocenters. The predicted octanol–water partition coefficient (Wildman–Crippen LogP) is 0.793. The Morgan fingerprint density at radius 2 is 2.00 bits per heavy atom. The van der Waals surface area contributed by atoms with Crippen molar-refractivity contribution in [2.24, 2.45) is 0 Å². The number of nitrogens with zero attached hydrogens (tertiary/aromatic N) is 4. The minimum absolute atomic E-state index is 0.0449. The fraction of sp³-hybridized carbons (Fsp3) is 0.647. The van der Waals surface area contributed by atoms with Crippen molar-refractivity contribution in [3.8, 4) is 0 Å². The van der Waals surface area contributed by atoms with Crippen LogP contribution in [0, 0.1) is 0 Å². The van der Waals surface area contributed by atoms with Crippen LogP contribution in [0.3, 0.4) is 0 Å². The smallest absolute Gasteiger partial charge is 0.274 e. The summed E-state index contributed by atoms with van der Waals surface area (Å²) in [5.41, 5.74) is 1.60. The van der Waals surface area contributed by atoms with E-state index in [1.54, 1.807) is 21.8 Å². The minimum Gasteiger partial charge on any atom is -0.330 e. The zero-order chi connectivity index (χ0) is 18.2. The number of hydrogen-bond acceptors (Lipinski definition) is 5. The number of carbonyl (C=O) groups is 1. The molecule has 138 valence electrons. The molecule has 3 rings (SSSR count). The van der Waals surface area contributed by atoms with Gasteiger partial charge in [-0.15, -0.1) is 0 Å². The van der Waals surface area contributed by atoms with E-state index in [1.165, 1.54) is 5.57 Å². The van der Waals surface area contributed by atoms with Crippen LogP contribution in [-0.2, 0) is 16.4 Å². The topological polar surface area (TPSA) is 75.5 Å². The number of rotatable bonds is 4. The van der Waals surface area contributed by atoms with Crippen LogP contribution < -0.4 is 0 Å². The molecular formula is C17H26N4O3S. The Morgan fingerprint density at radius 1 is 1.28 bits per heavy atom. The van der Waals surface area contributed by atoms with E-state index in [-0.39, 0.29) is 29.5 Å². The fourth-order valence-electron chi connectivity index (χ4n) is 3.60. The molecule has 1 aromatic rings. The van der Waals surface area contributed by atoms with Gasteiger partial charge in [0.15, 0.2) is 9.84 Å². The van der Waals surface area contributed by atoms with Crippen molar-refractivity contribution in [2.75, 3.05) is 31.1 Å². The van der Waals surface area contributed by atoms with E-state index >= 15 is 0 Å². The lowest BCUT2D eigenvalue weighted by Crippen LogP contribution is -2.60. The molecule has 2 aliphatic rings. The second-order valence-corrected chi connectivity index (χ2v) is 9.20. The zero-order valence-electron chi connectivity index (χ0n) is 15.1. The number of hydrogen-bond donors (Lipinski definition) is 0. The van der Waals surface area contributed by atoms with Gasteiger partial charge in [-0.1, -0.05) is 11.6 Å². The van der Waals surface area contributed by atoms with E-state index in [9.17, 15) is 13.2 Å². The van der Waals surface area contributed by atoms with Crippen LogP contribution in [0.25, 0.3) is 0 Å². The number of aryl methyl sites for hydroxylation is 1. The highest BCUT2D eigenvalue weighted by Crippen LogP contribution is 2.28. The molecule has 0 radical (unpaired) electrons. The maximum Gasteiger partial charge on any atom is 0.274 e. The number of piperazine rings is 1. The molecule has 0 aliphatic carbocycles. The Balaban J connectivity index is 1.83. The Labute approximate surface area is 149 Å². The number of carbonyl (C=O) groups excluding carboxylic acids is 1. The molecule has 2 fully saturated rings. The molecule has 1 aromatic heterocycles. The molecule has 25 heavy (non-hydrogen) atoms. The normalized spacial score (nSPS) is 25.6. The molecule has 7 nitrogen and oxygen atoms in total. The Bertz CT molecular complexity index is 780. The summed E-state index contributed by atoms with van der Waals surface area (Å²) in [6, 6.07) is 1.29. The van der Waals surface area contributed by atoms with E-state index < -0.39 is 9.84 Å². The molecule has 0 spiro atoms. The zero-order valence-corrected chi connectivity index (χ0v) is 15.9. The van der Waals surface area contributed by atoms with Gasteiger partial charge in [-0.25, -0.2) is 8.42 Å². The van der Waals surface area contributed by atoms with Crippen LogP contribution in [0.15, 0.2) is 23.9 Å². The summed E-state index contributed by atoms with van der Waals surface area (Å²) in [7, 11) is -3.13. The van der Waals surface area contributed by atoms with Crippen LogP contribution in [0.5, 0.6) is 0 Å². The monoisotopic (exact) mass is 366 g/mol. The van der Waals surface area contributed by atoms with Crippen LogP contribution in [0.2, 0.25) is 0 Å². The SMILES string of the molecule is CCn1ccc(C(=O)N2CCN(CC=C(C)C)[C@H]3CS(=O)(=O)C[C@H]32)n1. The summed E-state index contributed by atoms with van der Waals surface area (Å²) in [6.07, 6.45) is 3.89. The van der Waals surface area contributed by atoms with Gasteiger partial charge in [0, 0.05) is 38.4 Å². The van der Waals surface area contributed by atoms with Crippen molar-refractivity contribution in [1.82, 2.24) is 19.6 Å². The molecule has 0 aromatic carbocycles. The van der Waals surface area contributed by atoms with Crippen molar-refractivity contribution >= 4 is 15.7 Å². The van der Waals surface area contributed by atoms with E-state index in [0.29, 0.717) is 25.3 Å². The molecule has 0 bridgehead atoms. The third-order valence-electron chi connectivity index (χ3n) is 4.97. The molecular weight excluding hydrogens is 340 g/mol. The number of amides is 1. The van der Waals surface area contributed by atoms with E-state index in [1.807, 2.05) is 20.8 Å². The largest absolute Gasteiger partial charge is 0.330 e. The maximum atomic E-state index is 12.9. The Morgan fingerprint density at radius 3 is 2.64 bits per heavy atom. The van der Waals surface area contributed by atoms with Gasteiger partial charge in [-0.3, -0.25) is 14.4 Å². The summed E-state index contributed by atoms with van der Waals surface area (Å²) in [5.74, 6) is 0.00570. The first-order chi connectivity index (χ1) is 11.8. The van der Waals surface area contributed by atoms with E-state index in [2.05, 4.69) is 16.1 Å². The molecule has 0 N–H and O–H groups in total. The first kappa shape index (κ1) is 18.1. The lowest BCUT2D eigenvalue weighted by Gasteiger charge is -2.43. The summed E-state index contributed by atoms with van der Waals surface area (Å²) in [5, 5.41) is 4.29. The standard InChI is InChI=1S/C17H26N4O3S/c1-4-20-8-6-14(18-20)17(22)21-10-9-19(7-5-13(2)3)15-11-25(23,24)12-16(15)21/h5-6,8,15-16H,4,7,9-12H2,1-3H3/t15-,16+/m0/s1. The van der Waals surface area contributed by atoms with Gasteiger partial charge in [0.2, 0.25) is 0 Å². The highest BCUT2D eigenvalue weighted by Gasteiger charge is 2.48. The molecule has 1 amide bonds. The third-order valence-corrected chi connectivity index (χ3v) is 6.67. The van der Waals surface area contributed by atoms with Gasteiger partial charge in [0.05, 0.1) is 17.5 Å². The molecule has 3 heterocycles. The lowest BCUT2D eigenvalue weighted by molar-refractivity contribution is 0.0362. The van der Waals surface area contributed by atoms with Gasteiger partial charge in [0.1, 0.15) is 5.69 Å². The third kappa shape index (κ3) is 3.79. The quantitative estimate of drug-likeness (QED) is 0.737. The second-order valence-electron chi connectivity index (χ2n) is 7.04. The van der Waals surface area contributed by atoms with Gasteiger partial charge in [-0.2, -0.15) is 5.10 Å². The number of aromatic nitrogens is 2. The first-order valence-corrected chi connectivity index (χ1v) is 10.5. The number of allylic oxidation sites excluding steroid dienone is 1. The molecule has 2 aliphatic heterocycles. The maximum absolute atomic E-state index is 12.9. The first-order valence-electron chi connectivity index (χ1n) is 8.73. The number of sulfone groups is 1. The van der Waals surface area contributed by atoms with Crippen molar-refractivity contribution in [3.05, 3.63) is 29.6 Å². The van der Waals surface area contributed by atoms with E-state index in [0.717, 1.165) is 6.54 Å². The average molecular weight is 366 g/mol. The van der Waals surface area contributed by atoms with Crippen LogP contribution >= 0.6 is 0 Å². The lowest BCUT2D eigenvalue weighted by atomic mass is 10.0. The van der Waals surface area contributed by atoms with Crippen molar-refractivity contribution in [3.63, 3.8) is 0 Å². The van der Waals surface area contributed by atoms with Crippen molar-refractivity contribution in [2.45, 2.75) is 39.4 Å². The van der Waals surface area contributed by atoms with Gasteiger partial charge < -0.3 is 4.90 Å². The molecule has 2 saturated heterocycles. The summed E-state index contributed by atoms with van der Waals surface area (Å²) in [6.45, 7) is 8.67. The van der Waals surface area contributed by atoms with Crippen molar-refractivity contribution < 1.29 is 13.2 Å². The van der Waals surface area contributed by atoms with Crippen LogP contribution in [0.1, 0.15) is 31.3 Å². The van der Waals surface area contributed by atoms with Crippen LogP contribution in [0.4, 0.5) is 0 Å². The Kier molecular flexibility index (Phi) is 5.02. The molecule has 0 unspecified atom stereocenters. The summed E-state index contributed by atoms with van der Waals surface area (Å²) in [4.78, 5) is 16.8. The molecule has 0 saturated carbocycles. The summed E-state index contributed by atoms with van der Waals surface area (Å²) < 4.78 is 26.2. The van der Waals surface area contributed by atoms with E-state index in [4.69, 9.17) is 0 Å². The highest BCUT2D eigenvalue weighted by atomic mass is 32.2. The molecule has 8 heteroatoms.